The van der Waals surface area contributed by atoms with Gasteiger partial charge in [0.15, 0.2) is 5.78 Å². The second-order valence-electron chi connectivity index (χ2n) is 5.17. The smallest absolute Gasteiger partial charge is 0.177 e. The molecule has 0 fully saturated rings. The molecule has 0 aliphatic carbocycles. The third-order valence-corrected chi connectivity index (χ3v) is 4.72. The maximum Gasteiger partial charge on any atom is 0.177 e. The SMILES string of the molecule is Cc1ccc(C(=O)CN(C)Cc2csc(Br)c2)c(C)c1. The molecule has 0 radical (unpaired) electrons. The van der Waals surface area contributed by atoms with Crippen molar-refractivity contribution in [1.82, 2.24) is 4.90 Å². The lowest BCUT2D eigenvalue weighted by Gasteiger charge is -2.15. The number of benzene rings is 1. The fourth-order valence-electron chi connectivity index (χ4n) is 2.25. The minimum Gasteiger partial charge on any atom is -0.295 e. The summed E-state index contributed by atoms with van der Waals surface area (Å²) in [6.07, 6.45) is 0. The molecule has 0 saturated carbocycles. The Bertz CT molecular complexity index is 621. The first-order valence-corrected chi connectivity index (χ1v) is 8.15. The van der Waals surface area contributed by atoms with Crippen molar-refractivity contribution in [3.63, 3.8) is 0 Å². The lowest BCUT2D eigenvalue weighted by atomic mass is 10.0. The van der Waals surface area contributed by atoms with Gasteiger partial charge in [-0.25, -0.2) is 0 Å². The Morgan fingerprint density at radius 1 is 1.30 bits per heavy atom. The Balaban J connectivity index is 2.00. The molecular formula is C16H18BrNOS. The summed E-state index contributed by atoms with van der Waals surface area (Å²) in [6.45, 7) is 5.27. The van der Waals surface area contributed by atoms with Gasteiger partial charge in [-0.2, -0.15) is 0 Å². The zero-order valence-corrected chi connectivity index (χ0v) is 14.3. The highest BCUT2D eigenvalue weighted by molar-refractivity contribution is 9.11. The second-order valence-corrected chi connectivity index (χ2v) is 7.46. The first-order valence-electron chi connectivity index (χ1n) is 6.47. The Labute approximate surface area is 132 Å². The van der Waals surface area contributed by atoms with E-state index in [1.807, 2.05) is 33.0 Å². The molecule has 2 nitrogen and oxygen atoms in total. The van der Waals surface area contributed by atoms with Crippen molar-refractivity contribution >= 4 is 33.0 Å². The molecular weight excluding hydrogens is 334 g/mol. The summed E-state index contributed by atoms with van der Waals surface area (Å²) in [6, 6.07) is 8.09. The van der Waals surface area contributed by atoms with Crippen LogP contribution in [0, 0.1) is 13.8 Å². The molecule has 4 heteroatoms. The summed E-state index contributed by atoms with van der Waals surface area (Å²) in [5.74, 6) is 0.180. The number of nitrogens with zero attached hydrogens (tertiary/aromatic N) is 1. The second kappa shape index (κ2) is 6.66. The van der Waals surface area contributed by atoms with Gasteiger partial charge in [-0.05, 0) is 59.4 Å². The van der Waals surface area contributed by atoms with E-state index in [1.165, 1.54) is 11.1 Å². The quantitative estimate of drug-likeness (QED) is 0.742. The molecule has 0 bridgehead atoms. The van der Waals surface area contributed by atoms with Gasteiger partial charge in [-0.1, -0.05) is 23.8 Å². The van der Waals surface area contributed by atoms with Crippen molar-refractivity contribution in [3.05, 3.63) is 55.7 Å². The molecule has 0 atom stereocenters. The van der Waals surface area contributed by atoms with E-state index in [0.717, 1.165) is 21.5 Å². The highest BCUT2D eigenvalue weighted by Crippen LogP contribution is 2.21. The van der Waals surface area contributed by atoms with E-state index in [-0.39, 0.29) is 5.78 Å². The van der Waals surface area contributed by atoms with E-state index >= 15 is 0 Å². The van der Waals surface area contributed by atoms with E-state index in [4.69, 9.17) is 0 Å². The standard InChI is InChI=1S/C16H18BrNOS/c1-11-4-5-14(12(2)6-11)15(19)9-18(3)8-13-7-16(17)20-10-13/h4-7,10H,8-9H2,1-3H3. The summed E-state index contributed by atoms with van der Waals surface area (Å²) in [7, 11) is 1.98. The van der Waals surface area contributed by atoms with E-state index in [1.54, 1.807) is 11.3 Å². The molecule has 0 N–H and O–H groups in total. The zero-order chi connectivity index (χ0) is 14.7. The third kappa shape index (κ3) is 4.01. The minimum atomic E-state index is 0.180. The van der Waals surface area contributed by atoms with Crippen molar-refractivity contribution in [1.29, 1.82) is 0 Å². The molecule has 1 aromatic heterocycles. The molecule has 2 rings (SSSR count). The van der Waals surface area contributed by atoms with Gasteiger partial charge in [0.2, 0.25) is 0 Å². The number of thiophene rings is 1. The lowest BCUT2D eigenvalue weighted by Crippen LogP contribution is -2.25. The lowest BCUT2D eigenvalue weighted by molar-refractivity contribution is 0.0942. The van der Waals surface area contributed by atoms with Gasteiger partial charge < -0.3 is 0 Å². The van der Waals surface area contributed by atoms with Gasteiger partial charge >= 0.3 is 0 Å². The number of aryl methyl sites for hydroxylation is 2. The number of carbonyl (C=O) groups excluding carboxylic acids is 1. The van der Waals surface area contributed by atoms with E-state index < -0.39 is 0 Å². The van der Waals surface area contributed by atoms with Crippen LogP contribution in [0.1, 0.15) is 27.0 Å². The molecule has 0 amide bonds. The number of hydrogen-bond acceptors (Lipinski definition) is 3. The number of halogens is 1. The Morgan fingerprint density at radius 2 is 2.05 bits per heavy atom. The van der Waals surface area contributed by atoms with Gasteiger partial charge in [0, 0.05) is 12.1 Å². The summed E-state index contributed by atoms with van der Waals surface area (Å²) in [5, 5.41) is 2.11. The minimum absolute atomic E-state index is 0.180. The van der Waals surface area contributed by atoms with Gasteiger partial charge in [-0.3, -0.25) is 9.69 Å². The zero-order valence-electron chi connectivity index (χ0n) is 11.9. The number of hydrogen-bond donors (Lipinski definition) is 0. The summed E-state index contributed by atoms with van der Waals surface area (Å²) in [5.41, 5.74) is 4.31. The van der Waals surface area contributed by atoms with Crippen molar-refractivity contribution in [2.24, 2.45) is 0 Å². The Hall–Kier alpha value is -0.970. The predicted molar refractivity (Wildman–Crippen MR) is 88.6 cm³/mol. The highest BCUT2D eigenvalue weighted by Gasteiger charge is 2.12. The van der Waals surface area contributed by atoms with Crippen molar-refractivity contribution in [2.75, 3.05) is 13.6 Å². The average Bonchev–Trinajstić information content (AvgIpc) is 2.74. The molecule has 2 aromatic rings. The van der Waals surface area contributed by atoms with Gasteiger partial charge in [0.1, 0.15) is 0 Å². The predicted octanol–water partition coefficient (Wildman–Crippen LogP) is 4.44. The molecule has 0 aliphatic heterocycles. The normalized spacial score (nSPS) is 11.1. The number of ketones is 1. The Kier molecular flexibility index (Phi) is 5.13. The molecule has 0 unspecified atom stereocenters. The van der Waals surface area contributed by atoms with Crippen LogP contribution in [-0.2, 0) is 6.54 Å². The van der Waals surface area contributed by atoms with Crippen LogP contribution in [0.25, 0.3) is 0 Å². The van der Waals surface area contributed by atoms with Crippen molar-refractivity contribution in [2.45, 2.75) is 20.4 Å². The van der Waals surface area contributed by atoms with Crippen LogP contribution in [0.15, 0.2) is 33.4 Å². The highest BCUT2D eigenvalue weighted by atomic mass is 79.9. The van der Waals surface area contributed by atoms with Gasteiger partial charge in [-0.15, -0.1) is 11.3 Å². The van der Waals surface area contributed by atoms with Crippen LogP contribution in [0.5, 0.6) is 0 Å². The van der Waals surface area contributed by atoms with Crippen LogP contribution < -0.4 is 0 Å². The van der Waals surface area contributed by atoms with Crippen molar-refractivity contribution < 1.29 is 4.79 Å². The molecule has 1 aromatic carbocycles. The topological polar surface area (TPSA) is 20.3 Å². The monoisotopic (exact) mass is 351 g/mol. The molecule has 1 heterocycles. The van der Waals surface area contributed by atoms with E-state index in [0.29, 0.717) is 6.54 Å². The summed E-state index contributed by atoms with van der Waals surface area (Å²) < 4.78 is 1.13. The molecule has 106 valence electrons. The molecule has 0 aliphatic rings. The van der Waals surface area contributed by atoms with Crippen molar-refractivity contribution in [3.8, 4) is 0 Å². The fraction of sp³-hybridized carbons (Fsp3) is 0.312. The molecule has 0 spiro atoms. The summed E-state index contributed by atoms with van der Waals surface area (Å²) in [4.78, 5) is 14.4. The van der Waals surface area contributed by atoms with Crippen LogP contribution in [0.2, 0.25) is 0 Å². The largest absolute Gasteiger partial charge is 0.295 e. The number of Topliss-reactive ketones (excluding diaryl/α,β-unsaturated/α-hetero) is 1. The molecule has 20 heavy (non-hydrogen) atoms. The van der Waals surface area contributed by atoms with Gasteiger partial charge in [0.25, 0.3) is 0 Å². The number of rotatable bonds is 5. The van der Waals surface area contributed by atoms with Crippen LogP contribution in [0.3, 0.4) is 0 Å². The average molecular weight is 352 g/mol. The van der Waals surface area contributed by atoms with E-state index in [2.05, 4.69) is 38.3 Å². The third-order valence-electron chi connectivity index (χ3n) is 3.17. The van der Waals surface area contributed by atoms with Crippen LogP contribution in [0.4, 0.5) is 0 Å². The first kappa shape index (κ1) is 15.4. The maximum atomic E-state index is 12.3. The maximum absolute atomic E-state index is 12.3. The Morgan fingerprint density at radius 3 is 2.65 bits per heavy atom. The number of carbonyl (C=O) groups is 1. The number of likely N-dealkylation sites (N-methyl/N-ethyl adjacent to an activating group) is 1. The fourth-order valence-corrected chi connectivity index (χ4v) is 3.45. The first-order chi connectivity index (χ1) is 9.45. The molecule has 0 saturated heterocycles. The van der Waals surface area contributed by atoms with Crippen LogP contribution in [-0.4, -0.2) is 24.3 Å². The summed E-state index contributed by atoms with van der Waals surface area (Å²) >= 11 is 5.13. The van der Waals surface area contributed by atoms with Gasteiger partial charge in [0.05, 0.1) is 10.3 Å². The van der Waals surface area contributed by atoms with Crippen LogP contribution >= 0.6 is 27.3 Å². The van der Waals surface area contributed by atoms with E-state index in [9.17, 15) is 4.79 Å².